The van der Waals surface area contributed by atoms with Crippen LogP contribution >= 0.6 is 22.6 Å². The number of carbonyl (C=O) groups is 2. The van der Waals surface area contributed by atoms with Crippen LogP contribution in [-0.4, -0.2) is 41.1 Å². The molecule has 1 aliphatic rings. The lowest BCUT2D eigenvalue weighted by Gasteiger charge is -2.39. The van der Waals surface area contributed by atoms with Gasteiger partial charge in [0.1, 0.15) is 5.78 Å². The van der Waals surface area contributed by atoms with Crippen molar-refractivity contribution in [2.45, 2.75) is 68.7 Å². The molecule has 1 aliphatic carbocycles. The number of alkyl halides is 1. The van der Waals surface area contributed by atoms with Gasteiger partial charge in [0.2, 0.25) is 0 Å². The quantitative estimate of drug-likeness (QED) is 0.254. The van der Waals surface area contributed by atoms with E-state index in [0.29, 0.717) is 26.2 Å². The highest BCUT2D eigenvalue weighted by molar-refractivity contribution is 14.1. The van der Waals surface area contributed by atoms with Crippen molar-refractivity contribution in [2.75, 3.05) is 13.2 Å². The molecule has 2 rings (SSSR count). The van der Waals surface area contributed by atoms with Crippen LogP contribution in [0.15, 0.2) is 30.3 Å². The second-order valence-electron chi connectivity index (χ2n) is 7.13. The van der Waals surface area contributed by atoms with Gasteiger partial charge in [-0.25, -0.2) is 0 Å². The molecule has 0 N–H and O–H groups in total. The van der Waals surface area contributed by atoms with Crippen molar-refractivity contribution in [1.82, 2.24) is 0 Å². The normalized spacial score (nSPS) is 24.7. The summed E-state index contributed by atoms with van der Waals surface area (Å²) in [6.45, 7) is 5.40. The fraction of sp³-hybridized carbons (Fsp3) is 0.636. The molecule has 0 aromatic heterocycles. The molecule has 28 heavy (non-hydrogen) atoms. The molecule has 0 spiro atoms. The molecule has 1 aromatic carbocycles. The molecule has 156 valence electrons. The second-order valence-corrected chi connectivity index (χ2v) is 8.73. The number of esters is 1. The summed E-state index contributed by atoms with van der Waals surface area (Å²) in [6, 6.07) is 10.0. The van der Waals surface area contributed by atoms with Gasteiger partial charge in [0.25, 0.3) is 0 Å². The van der Waals surface area contributed by atoms with E-state index >= 15 is 0 Å². The highest BCUT2D eigenvalue weighted by Crippen LogP contribution is 2.35. The van der Waals surface area contributed by atoms with Crippen LogP contribution in [-0.2, 0) is 30.4 Å². The van der Waals surface area contributed by atoms with Crippen LogP contribution in [0, 0.1) is 5.92 Å². The Morgan fingerprint density at radius 2 is 1.82 bits per heavy atom. The first-order chi connectivity index (χ1) is 13.5. The number of hydrogen-bond donors (Lipinski definition) is 0. The van der Waals surface area contributed by atoms with Gasteiger partial charge in [-0.1, -0.05) is 59.8 Å². The first-order valence-electron chi connectivity index (χ1n) is 10.1. The average molecular weight is 502 g/mol. The Bertz CT molecular complexity index is 606. The number of benzene rings is 1. The van der Waals surface area contributed by atoms with Crippen molar-refractivity contribution in [2.24, 2.45) is 5.92 Å². The molecule has 5 nitrogen and oxygen atoms in total. The molecule has 0 bridgehead atoms. The monoisotopic (exact) mass is 502 g/mol. The zero-order valence-corrected chi connectivity index (χ0v) is 18.9. The maximum absolute atomic E-state index is 12.7. The Labute approximate surface area is 181 Å². The molecule has 0 aliphatic heterocycles. The average Bonchev–Trinajstić information content (AvgIpc) is 2.70. The number of Topliss-reactive ketones (excluding diaryl/α,β-unsaturated/α-hetero) is 1. The highest BCUT2D eigenvalue weighted by atomic mass is 127. The summed E-state index contributed by atoms with van der Waals surface area (Å²) in [4.78, 5) is 24.3. The molecule has 1 fully saturated rings. The minimum absolute atomic E-state index is 0.0154. The molecule has 0 radical (unpaired) electrons. The van der Waals surface area contributed by atoms with Gasteiger partial charge < -0.3 is 14.2 Å². The molecule has 6 heteroatoms. The summed E-state index contributed by atoms with van der Waals surface area (Å²) in [7, 11) is 0. The van der Waals surface area contributed by atoms with Crippen LogP contribution in [0.3, 0.4) is 0 Å². The van der Waals surface area contributed by atoms with Crippen molar-refractivity contribution in [1.29, 1.82) is 0 Å². The van der Waals surface area contributed by atoms with E-state index in [0.717, 1.165) is 18.4 Å². The Morgan fingerprint density at radius 1 is 1.07 bits per heavy atom. The minimum atomic E-state index is -0.307. The zero-order valence-electron chi connectivity index (χ0n) is 16.8. The Kier molecular flexibility index (Phi) is 10.4. The van der Waals surface area contributed by atoms with Crippen LogP contribution in [0.25, 0.3) is 0 Å². The Balaban J connectivity index is 1.97. The van der Waals surface area contributed by atoms with E-state index in [4.69, 9.17) is 14.2 Å². The third-order valence-electron chi connectivity index (χ3n) is 4.91. The lowest BCUT2D eigenvalue weighted by molar-refractivity contribution is -0.145. The lowest BCUT2D eigenvalue weighted by atomic mass is 9.81. The molecular formula is C22H31IO5. The maximum atomic E-state index is 12.7. The Morgan fingerprint density at radius 3 is 2.50 bits per heavy atom. The highest BCUT2D eigenvalue weighted by Gasteiger charge is 2.40. The lowest BCUT2D eigenvalue weighted by Crippen LogP contribution is -2.46. The van der Waals surface area contributed by atoms with Crippen LogP contribution in [0.5, 0.6) is 0 Å². The molecular weight excluding hydrogens is 471 g/mol. The maximum Gasteiger partial charge on any atom is 0.306 e. The van der Waals surface area contributed by atoms with E-state index in [1.807, 2.05) is 30.3 Å². The van der Waals surface area contributed by atoms with Gasteiger partial charge in [0.15, 0.2) is 0 Å². The number of halogens is 1. The number of ether oxygens (including phenoxy) is 3. The van der Waals surface area contributed by atoms with Gasteiger partial charge in [-0.3, -0.25) is 9.59 Å². The van der Waals surface area contributed by atoms with E-state index in [9.17, 15) is 9.59 Å². The van der Waals surface area contributed by atoms with Crippen molar-refractivity contribution in [3.8, 4) is 0 Å². The predicted octanol–water partition coefficient (Wildman–Crippen LogP) is 4.49. The minimum Gasteiger partial charge on any atom is -0.466 e. The molecule has 4 unspecified atom stereocenters. The zero-order chi connectivity index (χ0) is 20.4. The summed E-state index contributed by atoms with van der Waals surface area (Å²) < 4.78 is 17.4. The van der Waals surface area contributed by atoms with Gasteiger partial charge >= 0.3 is 5.97 Å². The number of carbonyl (C=O) groups excluding carboxylic acids is 2. The van der Waals surface area contributed by atoms with Gasteiger partial charge in [0.05, 0.1) is 31.8 Å². The predicted molar refractivity (Wildman–Crippen MR) is 116 cm³/mol. The van der Waals surface area contributed by atoms with E-state index in [-0.39, 0.29) is 46.6 Å². The molecule has 1 aromatic rings. The van der Waals surface area contributed by atoms with Crippen LogP contribution in [0.2, 0.25) is 0 Å². The SMILES string of the molecule is CCCOC1C(I)CC(C(=O)CCC(=O)OCC)CC1OCc1ccccc1. The van der Waals surface area contributed by atoms with Crippen molar-refractivity contribution >= 4 is 34.3 Å². The molecule has 4 atom stereocenters. The number of ketones is 1. The third kappa shape index (κ3) is 7.44. The van der Waals surface area contributed by atoms with E-state index in [1.165, 1.54) is 0 Å². The van der Waals surface area contributed by atoms with Gasteiger partial charge in [-0.2, -0.15) is 0 Å². The van der Waals surface area contributed by atoms with E-state index in [2.05, 4.69) is 29.5 Å². The topological polar surface area (TPSA) is 61.8 Å². The molecule has 1 saturated carbocycles. The largest absolute Gasteiger partial charge is 0.466 e. The summed E-state index contributed by atoms with van der Waals surface area (Å²) >= 11 is 2.38. The van der Waals surface area contributed by atoms with E-state index < -0.39 is 0 Å². The van der Waals surface area contributed by atoms with Crippen molar-refractivity contribution in [3.63, 3.8) is 0 Å². The summed E-state index contributed by atoms with van der Waals surface area (Å²) in [5.74, 6) is -0.283. The fourth-order valence-electron chi connectivity index (χ4n) is 3.48. The summed E-state index contributed by atoms with van der Waals surface area (Å²) in [6.07, 6.45) is 2.61. The van der Waals surface area contributed by atoms with Crippen molar-refractivity contribution < 1.29 is 23.8 Å². The van der Waals surface area contributed by atoms with Gasteiger partial charge in [-0.15, -0.1) is 0 Å². The molecule has 0 saturated heterocycles. The summed E-state index contributed by atoms with van der Waals surface area (Å²) in [5.41, 5.74) is 1.11. The van der Waals surface area contributed by atoms with Gasteiger partial charge in [-0.05, 0) is 31.7 Å². The smallest absolute Gasteiger partial charge is 0.306 e. The first kappa shape index (κ1) is 23.3. The fourth-order valence-corrected chi connectivity index (χ4v) is 4.77. The Hall–Kier alpha value is -0.990. The van der Waals surface area contributed by atoms with Crippen LogP contribution < -0.4 is 0 Å². The number of hydrogen-bond acceptors (Lipinski definition) is 5. The third-order valence-corrected chi connectivity index (χ3v) is 6.12. The van der Waals surface area contributed by atoms with Crippen LogP contribution in [0.1, 0.15) is 51.5 Å². The standard InChI is InChI=1S/C22H31IO5/c1-3-12-27-22-18(23)13-17(19(24)10-11-21(25)26-4-2)14-20(22)28-15-16-8-6-5-7-9-16/h5-9,17-18,20,22H,3-4,10-15H2,1-2H3. The summed E-state index contributed by atoms with van der Waals surface area (Å²) in [5, 5.41) is 0. The molecule has 0 amide bonds. The van der Waals surface area contributed by atoms with E-state index in [1.54, 1.807) is 6.92 Å². The molecule has 0 heterocycles. The van der Waals surface area contributed by atoms with Gasteiger partial charge in [0, 0.05) is 22.9 Å². The van der Waals surface area contributed by atoms with Crippen LogP contribution in [0.4, 0.5) is 0 Å². The first-order valence-corrected chi connectivity index (χ1v) is 11.4. The number of rotatable bonds is 11. The second kappa shape index (κ2) is 12.5. The van der Waals surface area contributed by atoms with Crippen molar-refractivity contribution in [3.05, 3.63) is 35.9 Å².